The lowest BCUT2D eigenvalue weighted by Crippen LogP contribution is -2.32. The van der Waals surface area contributed by atoms with Gasteiger partial charge in [0.05, 0.1) is 23.8 Å². The minimum absolute atomic E-state index is 0.101. The Kier molecular flexibility index (Phi) is 4.55. The Labute approximate surface area is 168 Å². The molecule has 1 amide bonds. The van der Waals surface area contributed by atoms with Gasteiger partial charge in [-0.1, -0.05) is 30.7 Å². The highest BCUT2D eigenvalue weighted by molar-refractivity contribution is 6.32. The second kappa shape index (κ2) is 6.91. The SMILES string of the molecule is CCN(C(=O)c1cc(C2(C)C=CC2)nn1C)c1cn(-c2cccnc2)nc1Cl. The van der Waals surface area contributed by atoms with Crippen molar-refractivity contribution in [2.75, 3.05) is 11.4 Å². The van der Waals surface area contributed by atoms with Crippen LogP contribution >= 0.6 is 11.6 Å². The van der Waals surface area contributed by atoms with Crippen LogP contribution in [0.25, 0.3) is 5.69 Å². The van der Waals surface area contributed by atoms with Gasteiger partial charge in [-0.05, 0) is 31.5 Å². The third kappa shape index (κ3) is 3.01. The molecular formula is C20H21ClN6O. The van der Waals surface area contributed by atoms with Crippen LogP contribution < -0.4 is 4.90 Å². The zero-order chi connectivity index (χ0) is 19.9. The van der Waals surface area contributed by atoms with E-state index in [-0.39, 0.29) is 16.5 Å². The number of hydrogen-bond acceptors (Lipinski definition) is 4. The minimum Gasteiger partial charge on any atom is -0.303 e. The number of aryl methyl sites for hydroxylation is 1. The van der Waals surface area contributed by atoms with Crippen LogP contribution in [0, 0.1) is 0 Å². The number of hydrogen-bond donors (Lipinski definition) is 0. The Bertz CT molecular complexity index is 1050. The van der Waals surface area contributed by atoms with Gasteiger partial charge in [0, 0.05) is 25.2 Å². The monoisotopic (exact) mass is 396 g/mol. The molecule has 0 aromatic carbocycles. The summed E-state index contributed by atoms with van der Waals surface area (Å²) in [7, 11) is 1.79. The fourth-order valence-electron chi connectivity index (χ4n) is 3.32. The van der Waals surface area contributed by atoms with Gasteiger partial charge in [0.2, 0.25) is 0 Å². The van der Waals surface area contributed by atoms with E-state index in [1.165, 1.54) is 0 Å². The largest absolute Gasteiger partial charge is 0.303 e. The van der Waals surface area contributed by atoms with Gasteiger partial charge < -0.3 is 4.90 Å². The van der Waals surface area contributed by atoms with E-state index in [1.54, 1.807) is 39.9 Å². The molecule has 0 saturated heterocycles. The van der Waals surface area contributed by atoms with E-state index in [9.17, 15) is 4.79 Å². The van der Waals surface area contributed by atoms with Crippen molar-refractivity contribution in [3.05, 3.63) is 65.5 Å². The summed E-state index contributed by atoms with van der Waals surface area (Å²) in [5.74, 6) is -0.164. The third-order valence-corrected chi connectivity index (χ3v) is 5.39. The fraction of sp³-hybridized carbons (Fsp3) is 0.300. The molecule has 0 fully saturated rings. The van der Waals surface area contributed by atoms with E-state index in [1.807, 2.05) is 25.1 Å². The number of aromatic nitrogens is 5. The van der Waals surface area contributed by atoms with Crippen molar-refractivity contribution in [2.45, 2.75) is 25.7 Å². The second-order valence-electron chi connectivity index (χ2n) is 7.07. The highest BCUT2D eigenvalue weighted by Gasteiger charge is 2.33. The lowest BCUT2D eigenvalue weighted by Gasteiger charge is -2.29. The number of nitrogens with zero attached hydrogens (tertiary/aromatic N) is 6. The van der Waals surface area contributed by atoms with Crippen LogP contribution in [0.1, 0.15) is 36.5 Å². The number of carbonyl (C=O) groups excluding carboxylic acids is 1. The lowest BCUT2D eigenvalue weighted by atomic mass is 9.75. The Morgan fingerprint density at radius 2 is 2.18 bits per heavy atom. The maximum Gasteiger partial charge on any atom is 0.276 e. The summed E-state index contributed by atoms with van der Waals surface area (Å²) in [5.41, 5.74) is 2.63. The highest BCUT2D eigenvalue weighted by atomic mass is 35.5. The number of rotatable bonds is 5. The molecule has 0 radical (unpaired) electrons. The summed E-state index contributed by atoms with van der Waals surface area (Å²) in [4.78, 5) is 19.0. The second-order valence-corrected chi connectivity index (χ2v) is 7.43. The van der Waals surface area contributed by atoms with Gasteiger partial charge in [-0.2, -0.15) is 10.2 Å². The zero-order valence-corrected chi connectivity index (χ0v) is 16.8. The molecule has 0 bridgehead atoms. The van der Waals surface area contributed by atoms with Gasteiger partial charge in [0.1, 0.15) is 11.4 Å². The predicted octanol–water partition coefficient (Wildman–Crippen LogP) is 3.54. The number of allylic oxidation sites excluding steroid dienone is 2. The minimum atomic E-state index is -0.164. The van der Waals surface area contributed by atoms with Crippen LogP contribution in [0.15, 0.2) is 48.9 Å². The van der Waals surface area contributed by atoms with Crippen molar-refractivity contribution >= 4 is 23.2 Å². The van der Waals surface area contributed by atoms with Gasteiger partial charge in [0.15, 0.2) is 5.15 Å². The molecule has 0 aliphatic heterocycles. The molecule has 3 aromatic rings. The Morgan fingerprint density at radius 3 is 2.79 bits per heavy atom. The van der Waals surface area contributed by atoms with Gasteiger partial charge in [-0.3, -0.25) is 14.5 Å². The molecule has 3 aromatic heterocycles. The van der Waals surface area contributed by atoms with Crippen molar-refractivity contribution in [3.63, 3.8) is 0 Å². The topological polar surface area (TPSA) is 68.8 Å². The van der Waals surface area contributed by atoms with Crippen LogP contribution in [0.4, 0.5) is 5.69 Å². The summed E-state index contributed by atoms with van der Waals surface area (Å²) in [6, 6.07) is 5.56. The normalized spacial score (nSPS) is 18.1. The third-order valence-electron chi connectivity index (χ3n) is 5.13. The van der Waals surface area contributed by atoms with E-state index >= 15 is 0 Å². The molecule has 144 valence electrons. The van der Waals surface area contributed by atoms with E-state index in [0.29, 0.717) is 17.9 Å². The van der Waals surface area contributed by atoms with E-state index in [0.717, 1.165) is 17.8 Å². The molecule has 4 rings (SSSR count). The maximum absolute atomic E-state index is 13.3. The van der Waals surface area contributed by atoms with Crippen LogP contribution in [0.2, 0.25) is 5.15 Å². The van der Waals surface area contributed by atoms with Gasteiger partial charge in [-0.25, -0.2) is 4.68 Å². The van der Waals surface area contributed by atoms with Crippen molar-refractivity contribution < 1.29 is 4.79 Å². The first-order chi connectivity index (χ1) is 13.4. The molecule has 0 N–H and O–H groups in total. The first kappa shape index (κ1) is 18.4. The number of pyridine rings is 1. The first-order valence-corrected chi connectivity index (χ1v) is 9.50. The van der Waals surface area contributed by atoms with Crippen molar-refractivity contribution in [3.8, 4) is 5.69 Å². The van der Waals surface area contributed by atoms with Crippen molar-refractivity contribution in [1.29, 1.82) is 0 Å². The summed E-state index contributed by atoms with van der Waals surface area (Å²) in [6.45, 7) is 4.48. The number of amides is 1. The van der Waals surface area contributed by atoms with E-state index < -0.39 is 0 Å². The van der Waals surface area contributed by atoms with Crippen LogP contribution in [0.5, 0.6) is 0 Å². The molecule has 0 saturated carbocycles. The smallest absolute Gasteiger partial charge is 0.276 e. The highest BCUT2D eigenvalue weighted by Crippen LogP contribution is 2.36. The Balaban J connectivity index is 1.67. The molecule has 1 aliphatic rings. The average Bonchev–Trinajstić information content (AvgIpc) is 3.24. The van der Waals surface area contributed by atoms with Gasteiger partial charge in [-0.15, -0.1) is 0 Å². The zero-order valence-electron chi connectivity index (χ0n) is 16.0. The van der Waals surface area contributed by atoms with Crippen molar-refractivity contribution in [1.82, 2.24) is 24.5 Å². The van der Waals surface area contributed by atoms with Gasteiger partial charge >= 0.3 is 0 Å². The molecule has 3 heterocycles. The fourth-order valence-corrected chi connectivity index (χ4v) is 3.55. The quantitative estimate of drug-likeness (QED) is 0.618. The lowest BCUT2D eigenvalue weighted by molar-refractivity contribution is 0.0979. The van der Waals surface area contributed by atoms with Crippen LogP contribution in [0.3, 0.4) is 0 Å². The number of carbonyl (C=O) groups is 1. The molecule has 8 heteroatoms. The summed E-state index contributed by atoms with van der Waals surface area (Å²) >= 11 is 6.37. The average molecular weight is 397 g/mol. The number of anilines is 1. The molecule has 0 spiro atoms. The first-order valence-electron chi connectivity index (χ1n) is 9.12. The molecular weight excluding hydrogens is 376 g/mol. The van der Waals surface area contributed by atoms with Crippen LogP contribution in [-0.4, -0.2) is 37.0 Å². The molecule has 1 aliphatic carbocycles. The Hall–Kier alpha value is -2.93. The number of halogens is 1. The molecule has 28 heavy (non-hydrogen) atoms. The maximum atomic E-state index is 13.3. The summed E-state index contributed by atoms with van der Waals surface area (Å²) < 4.78 is 3.26. The Morgan fingerprint density at radius 1 is 1.39 bits per heavy atom. The van der Waals surface area contributed by atoms with Crippen molar-refractivity contribution in [2.24, 2.45) is 7.05 Å². The van der Waals surface area contributed by atoms with Crippen LogP contribution in [-0.2, 0) is 12.5 Å². The predicted molar refractivity (Wildman–Crippen MR) is 108 cm³/mol. The molecule has 1 unspecified atom stereocenters. The molecule has 1 atom stereocenters. The van der Waals surface area contributed by atoms with E-state index in [2.05, 4.69) is 34.3 Å². The standard InChI is InChI=1S/C20H21ClN6O/c1-4-26(16-13-27(24-18(16)21)14-7-5-10-22-12-14)19(28)15-11-17(23-25(15)3)20(2)8-6-9-20/h5-8,10-13H,4,9H2,1-3H3. The van der Waals surface area contributed by atoms with Gasteiger partial charge in [0.25, 0.3) is 5.91 Å². The summed E-state index contributed by atoms with van der Waals surface area (Å²) in [5, 5.41) is 9.16. The summed E-state index contributed by atoms with van der Waals surface area (Å²) in [6.07, 6.45) is 10.3. The molecule has 7 nitrogen and oxygen atoms in total. The van der Waals surface area contributed by atoms with E-state index in [4.69, 9.17) is 11.6 Å².